The minimum Gasteiger partial charge on any atom is -0.508 e. The molecular formula is C44H30N2O4. The van der Waals surface area contributed by atoms with E-state index < -0.39 is 0 Å². The zero-order chi connectivity index (χ0) is 33.9. The van der Waals surface area contributed by atoms with Crippen molar-refractivity contribution in [1.29, 1.82) is 0 Å². The molecule has 0 heterocycles. The molecule has 0 aliphatic heterocycles. The van der Waals surface area contributed by atoms with Gasteiger partial charge in [-0.3, -0.25) is 0 Å². The lowest BCUT2D eigenvalue weighted by molar-refractivity contribution is 0.474. The van der Waals surface area contributed by atoms with E-state index in [1.807, 2.05) is 48.5 Å². The fourth-order valence-electron chi connectivity index (χ4n) is 7.33. The Morgan fingerprint density at radius 3 is 0.820 bits per heavy atom. The van der Waals surface area contributed by atoms with Gasteiger partial charge in [-0.05, 0) is 142 Å². The SMILES string of the molecule is Oc1ccc(N(c2ccc(O)cc2)c2ccc3c4cccc5c(N(c6ccc(O)cc6)c6ccc(O)cc6)ccc(c6cccc2c63)c54)cc1. The quantitative estimate of drug-likeness (QED) is 0.106. The molecule has 0 fully saturated rings. The lowest BCUT2D eigenvalue weighted by atomic mass is 9.88. The van der Waals surface area contributed by atoms with Crippen molar-refractivity contribution in [3.8, 4) is 23.0 Å². The number of hydrogen-bond acceptors (Lipinski definition) is 6. The monoisotopic (exact) mass is 650 g/mol. The summed E-state index contributed by atoms with van der Waals surface area (Å²) in [6, 6.07) is 50.2. The molecule has 4 N–H and O–H groups in total. The van der Waals surface area contributed by atoms with E-state index in [0.29, 0.717) is 0 Å². The molecule has 0 bridgehead atoms. The summed E-state index contributed by atoms with van der Waals surface area (Å²) in [6.45, 7) is 0. The van der Waals surface area contributed by atoms with Crippen LogP contribution in [0, 0.1) is 0 Å². The van der Waals surface area contributed by atoms with Crippen LogP contribution in [0.1, 0.15) is 0 Å². The summed E-state index contributed by atoms with van der Waals surface area (Å²) in [4.78, 5) is 4.29. The Balaban J connectivity index is 1.31. The van der Waals surface area contributed by atoms with E-state index in [1.165, 1.54) is 0 Å². The Bertz CT molecular complexity index is 2370. The molecule has 9 aromatic rings. The van der Waals surface area contributed by atoms with Crippen molar-refractivity contribution in [1.82, 2.24) is 0 Å². The molecule has 0 amide bonds. The highest BCUT2D eigenvalue weighted by Gasteiger charge is 2.22. The molecule has 0 saturated heterocycles. The molecular weight excluding hydrogens is 620 g/mol. The fourth-order valence-corrected chi connectivity index (χ4v) is 7.33. The predicted octanol–water partition coefficient (Wildman–Crippen LogP) is 11.5. The minimum absolute atomic E-state index is 0.190. The van der Waals surface area contributed by atoms with Gasteiger partial charge in [-0.25, -0.2) is 0 Å². The van der Waals surface area contributed by atoms with E-state index in [-0.39, 0.29) is 23.0 Å². The Kier molecular flexibility index (Phi) is 6.64. The van der Waals surface area contributed by atoms with Crippen LogP contribution < -0.4 is 9.80 Å². The number of rotatable bonds is 6. The Morgan fingerprint density at radius 2 is 0.520 bits per heavy atom. The molecule has 0 atom stereocenters. The van der Waals surface area contributed by atoms with E-state index >= 15 is 0 Å². The number of phenols is 4. The molecule has 9 rings (SSSR count). The molecule has 240 valence electrons. The smallest absolute Gasteiger partial charge is 0.115 e. The number of phenolic OH excluding ortho intramolecular Hbond substituents is 4. The summed E-state index contributed by atoms with van der Waals surface area (Å²) >= 11 is 0. The van der Waals surface area contributed by atoms with Crippen LogP contribution in [0.3, 0.4) is 0 Å². The van der Waals surface area contributed by atoms with Crippen molar-refractivity contribution in [2.24, 2.45) is 0 Å². The molecule has 0 aromatic heterocycles. The van der Waals surface area contributed by atoms with Gasteiger partial charge >= 0.3 is 0 Å². The van der Waals surface area contributed by atoms with Crippen LogP contribution in [-0.4, -0.2) is 20.4 Å². The third-order valence-electron chi connectivity index (χ3n) is 9.53. The third kappa shape index (κ3) is 4.65. The first kappa shape index (κ1) is 29.2. The van der Waals surface area contributed by atoms with Crippen molar-refractivity contribution >= 4 is 77.2 Å². The Labute approximate surface area is 287 Å². The number of benzene rings is 9. The van der Waals surface area contributed by atoms with Gasteiger partial charge in [0.15, 0.2) is 0 Å². The standard InChI is InChI=1S/C44H30N2O4/c47-31-15-7-27(8-16-31)45(28-9-17-32(48)18-10-28)41-25-24-38-36-4-2-6-40-42(26-23-37(44(36)40)35-3-1-5-39(41)43(35)38)46(29-11-19-33(49)20-12-29)30-13-21-34(50)22-14-30/h1-26,47-50H. The van der Waals surface area contributed by atoms with Crippen LogP contribution in [-0.2, 0) is 0 Å². The second-order valence-electron chi connectivity index (χ2n) is 12.5. The highest BCUT2D eigenvalue weighted by atomic mass is 16.3. The molecule has 0 aliphatic rings. The van der Waals surface area contributed by atoms with Gasteiger partial charge < -0.3 is 30.2 Å². The van der Waals surface area contributed by atoms with E-state index in [9.17, 15) is 20.4 Å². The first-order valence-electron chi connectivity index (χ1n) is 16.3. The summed E-state index contributed by atoms with van der Waals surface area (Å²) in [5.41, 5.74) is 5.45. The zero-order valence-electron chi connectivity index (χ0n) is 26.7. The summed E-state index contributed by atoms with van der Waals surface area (Å²) in [6.07, 6.45) is 0. The Hall–Kier alpha value is -6.92. The van der Waals surface area contributed by atoms with E-state index in [0.717, 1.165) is 77.2 Å². The largest absolute Gasteiger partial charge is 0.508 e. The average Bonchev–Trinajstić information content (AvgIpc) is 3.14. The number of nitrogens with zero attached hydrogens (tertiary/aromatic N) is 2. The van der Waals surface area contributed by atoms with Gasteiger partial charge in [0.05, 0.1) is 11.4 Å². The summed E-state index contributed by atoms with van der Waals surface area (Å²) in [5, 5.41) is 49.3. The molecule has 0 spiro atoms. The van der Waals surface area contributed by atoms with Crippen LogP contribution in [0.2, 0.25) is 0 Å². The maximum atomic E-state index is 10.1. The van der Waals surface area contributed by atoms with Gasteiger partial charge in [0.2, 0.25) is 0 Å². The first-order valence-corrected chi connectivity index (χ1v) is 16.3. The lowest BCUT2D eigenvalue weighted by Crippen LogP contribution is -2.11. The van der Waals surface area contributed by atoms with Crippen LogP contribution >= 0.6 is 0 Å². The van der Waals surface area contributed by atoms with Crippen molar-refractivity contribution in [3.05, 3.63) is 158 Å². The summed E-state index contributed by atoms with van der Waals surface area (Å²) in [7, 11) is 0. The van der Waals surface area contributed by atoms with Crippen LogP contribution in [0.5, 0.6) is 23.0 Å². The maximum Gasteiger partial charge on any atom is 0.115 e. The van der Waals surface area contributed by atoms with E-state index in [4.69, 9.17) is 0 Å². The summed E-state index contributed by atoms with van der Waals surface area (Å²) < 4.78 is 0. The highest BCUT2D eigenvalue weighted by Crippen LogP contribution is 2.49. The van der Waals surface area contributed by atoms with Gasteiger partial charge in [-0.1, -0.05) is 48.5 Å². The van der Waals surface area contributed by atoms with Gasteiger partial charge in [0.1, 0.15) is 23.0 Å². The van der Waals surface area contributed by atoms with E-state index in [2.05, 4.69) is 70.5 Å². The van der Waals surface area contributed by atoms with Gasteiger partial charge in [-0.15, -0.1) is 0 Å². The number of hydrogen-bond donors (Lipinski definition) is 4. The summed E-state index contributed by atoms with van der Waals surface area (Å²) in [5.74, 6) is 0.758. The van der Waals surface area contributed by atoms with Crippen molar-refractivity contribution < 1.29 is 20.4 Å². The van der Waals surface area contributed by atoms with Crippen molar-refractivity contribution in [2.75, 3.05) is 9.80 Å². The lowest BCUT2D eigenvalue weighted by Gasteiger charge is -2.29. The van der Waals surface area contributed by atoms with Crippen LogP contribution in [0.15, 0.2) is 158 Å². The Morgan fingerprint density at radius 1 is 0.260 bits per heavy atom. The van der Waals surface area contributed by atoms with Gasteiger partial charge in [-0.2, -0.15) is 0 Å². The molecule has 0 radical (unpaired) electrons. The first-order chi connectivity index (χ1) is 24.4. The number of anilines is 6. The normalized spacial score (nSPS) is 11.5. The molecule has 0 saturated carbocycles. The fraction of sp³-hybridized carbons (Fsp3) is 0. The average molecular weight is 651 g/mol. The molecule has 6 heteroatoms. The molecule has 0 aliphatic carbocycles. The van der Waals surface area contributed by atoms with Crippen molar-refractivity contribution in [2.45, 2.75) is 0 Å². The second kappa shape index (κ2) is 11.4. The van der Waals surface area contributed by atoms with Crippen molar-refractivity contribution in [3.63, 3.8) is 0 Å². The molecule has 0 unspecified atom stereocenters. The van der Waals surface area contributed by atoms with E-state index in [1.54, 1.807) is 48.5 Å². The maximum absolute atomic E-state index is 10.1. The number of fused-ring (bicyclic) bond motifs is 2. The molecule has 9 aromatic carbocycles. The second-order valence-corrected chi connectivity index (χ2v) is 12.5. The predicted molar refractivity (Wildman–Crippen MR) is 204 cm³/mol. The zero-order valence-corrected chi connectivity index (χ0v) is 26.7. The number of aromatic hydroxyl groups is 4. The minimum atomic E-state index is 0.190. The highest BCUT2D eigenvalue weighted by molar-refractivity contribution is 6.35. The molecule has 50 heavy (non-hydrogen) atoms. The van der Waals surface area contributed by atoms with Gasteiger partial charge in [0.25, 0.3) is 0 Å². The van der Waals surface area contributed by atoms with Crippen LogP contribution in [0.4, 0.5) is 34.1 Å². The molecule has 6 nitrogen and oxygen atoms in total. The topological polar surface area (TPSA) is 87.4 Å². The van der Waals surface area contributed by atoms with Crippen LogP contribution in [0.25, 0.3) is 43.1 Å². The third-order valence-corrected chi connectivity index (χ3v) is 9.53. The van der Waals surface area contributed by atoms with Gasteiger partial charge in [0, 0.05) is 33.5 Å².